The molecule has 0 saturated carbocycles. The van der Waals surface area contributed by atoms with Gasteiger partial charge in [-0.1, -0.05) is 17.8 Å². The second kappa shape index (κ2) is 7.51. The summed E-state index contributed by atoms with van der Waals surface area (Å²) < 4.78 is 0. The number of aromatic nitrogens is 3. The van der Waals surface area contributed by atoms with E-state index in [-0.39, 0.29) is 5.91 Å². The van der Waals surface area contributed by atoms with Crippen molar-refractivity contribution in [3.8, 4) is 0 Å². The summed E-state index contributed by atoms with van der Waals surface area (Å²) in [6.45, 7) is 0. The van der Waals surface area contributed by atoms with E-state index in [2.05, 4.69) is 20.3 Å². The molecule has 1 amide bonds. The van der Waals surface area contributed by atoms with E-state index in [1.54, 1.807) is 30.9 Å². The summed E-state index contributed by atoms with van der Waals surface area (Å²) in [6, 6.07) is 13.0. The minimum atomic E-state index is -0.0730. The molecule has 6 heteroatoms. The molecular formula is C17H14N4OS. The number of amides is 1. The van der Waals surface area contributed by atoms with Gasteiger partial charge in [-0.25, -0.2) is 9.97 Å². The number of nitrogens with zero attached hydrogens (tertiary/aromatic N) is 3. The van der Waals surface area contributed by atoms with Crippen LogP contribution in [0.2, 0.25) is 0 Å². The number of anilines is 1. The third-order valence-electron chi connectivity index (χ3n) is 2.98. The molecule has 0 bridgehead atoms. The fourth-order valence-corrected chi connectivity index (χ4v) is 2.72. The molecule has 0 aliphatic heterocycles. The zero-order valence-electron chi connectivity index (χ0n) is 12.2. The van der Waals surface area contributed by atoms with Crippen LogP contribution in [-0.4, -0.2) is 20.9 Å². The van der Waals surface area contributed by atoms with Gasteiger partial charge in [-0.05, 0) is 42.0 Å². The highest BCUT2D eigenvalue weighted by Crippen LogP contribution is 2.25. The Kier molecular flexibility index (Phi) is 4.95. The predicted octanol–water partition coefficient (Wildman–Crippen LogP) is 3.20. The molecule has 0 atom stereocenters. The van der Waals surface area contributed by atoms with Crippen molar-refractivity contribution in [2.75, 3.05) is 5.32 Å². The number of hydrogen-bond donors (Lipinski definition) is 1. The Balaban J connectivity index is 1.64. The number of hydrogen-bond acceptors (Lipinski definition) is 5. The van der Waals surface area contributed by atoms with Crippen molar-refractivity contribution >= 4 is 23.4 Å². The molecule has 0 aliphatic carbocycles. The summed E-state index contributed by atoms with van der Waals surface area (Å²) in [5, 5.41) is 4.53. The van der Waals surface area contributed by atoms with E-state index < -0.39 is 0 Å². The van der Waals surface area contributed by atoms with Crippen LogP contribution in [0.15, 0.2) is 77.3 Å². The Labute approximate surface area is 138 Å². The summed E-state index contributed by atoms with van der Waals surface area (Å²) in [5.74, 6) is -0.0730. The fraction of sp³-hybridized carbons (Fsp3) is 0.0588. The number of nitrogens with one attached hydrogen (secondary N) is 1. The molecule has 3 heterocycles. The first-order valence-electron chi connectivity index (χ1n) is 7.03. The van der Waals surface area contributed by atoms with Gasteiger partial charge in [0.2, 0.25) is 5.91 Å². The number of carbonyl (C=O) groups is 1. The molecule has 114 valence electrons. The van der Waals surface area contributed by atoms with E-state index in [0.717, 1.165) is 21.3 Å². The lowest BCUT2D eigenvalue weighted by Crippen LogP contribution is -2.14. The molecule has 0 unspecified atom stereocenters. The van der Waals surface area contributed by atoms with Crippen molar-refractivity contribution in [2.45, 2.75) is 16.5 Å². The molecule has 23 heavy (non-hydrogen) atoms. The van der Waals surface area contributed by atoms with Gasteiger partial charge in [-0.3, -0.25) is 9.78 Å². The highest BCUT2D eigenvalue weighted by Gasteiger charge is 2.06. The third kappa shape index (κ3) is 4.62. The largest absolute Gasteiger partial charge is 0.326 e. The molecule has 3 aromatic heterocycles. The van der Waals surface area contributed by atoms with Gasteiger partial charge in [0.25, 0.3) is 0 Å². The van der Waals surface area contributed by atoms with Crippen molar-refractivity contribution in [2.24, 2.45) is 0 Å². The van der Waals surface area contributed by atoms with Gasteiger partial charge in [0.1, 0.15) is 10.1 Å². The van der Waals surface area contributed by atoms with Gasteiger partial charge in [0, 0.05) is 30.5 Å². The van der Waals surface area contributed by atoms with Crippen molar-refractivity contribution in [1.82, 2.24) is 15.0 Å². The molecule has 0 radical (unpaired) electrons. The number of rotatable bonds is 5. The van der Waals surface area contributed by atoms with Gasteiger partial charge in [-0.2, -0.15) is 0 Å². The van der Waals surface area contributed by atoms with E-state index in [1.165, 1.54) is 11.8 Å². The zero-order chi connectivity index (χ0) is 15.9. The predicted molar refractivity (Wildman–Crippen MR) is 89.2 cm³/mol. The van der Waals surface area contributed by atoms with Gasteiger partial charge in [0.15, 0.2) is 0 Å². The quantitative estimate of drug-likeness (QED) is 0.781. The SMILES string of the molecule is O=C(Cc1ccncc1)Nc1ccnc(Sc2ccccn2)c1. The van der Waals surface area contributed by atoms with Crippen LogP contribution < -0.4 is 5.32 Å². The first-order chi connectivity index (χ1) is 11.3. The molecule has 0 fully saturated rings. The lowest BCUT2D eigenvalue weighted by molar-refractivity contribution is -0.115. The first-order valence-corrected chi connectivity index (χ1v) is 7.85. The molecule has 0 aromatic carbocycles. The van der Waals surface area contributed by atoms with Crippen LogP contribution in [0.1, 0.15) is 5.56 Å². The Morgan fingerprint density at radius 3 is 2.57 bits per heavy atom. The molecule has 0 spiro atoms. The standard InChI is InChI=1S/C17H14N4OS/c22-15(11-13-4-8-18-9-5-13)21-14-6-10-20-17(12-14)23-16-3-1-2-7-19-16/h1-10,12H,11H2,(H,20,21,22). The summed E-state index contributed by atoms with van der Waals surface area (Å²) in [7, 11) is 0. The highest BCUT2D eigenvalue weighted by molar-refractivity contribution is 7.99. The molecular weight excluding hydrogens is 308 g/mol. The lowest BCUT2D eigenvalue weighted by Gasteiger charge is -2.06. The maximum absolute atomic E-state index is 12.1. The Morgan fingerprint density at radius 2 is 1.78 bits per heavy atom. The topological polar surface area (TPSA) is 67.8 Å². The maximum Gasteiger partial charge on any atom is 0.228 e. The Bertz CT molecular complexity index is 781. The van der Waals surface area contributed by atoms with Crippen molar-refractivity contribution in [3.63, 3.8) is 0 Å². The van der Waals surface area contributed by atoms with Gasteiger partial charge in [-0.15, -0.1) is 0 Å². The lowest BCUT2D eigenvalue weighted by atomic mass is 10.2. The molecule has 0 aliphatic rings. The average Bonchev–Trinajstić information content (AvgIpc) is 2.57. The van der Waals surface area contributed by atoms with Crippen molar-refractivity contribution < 1.29 is 4.79 Å². The summed E-state index contributed by atoms with van der Waals surface area (Å²) in [6.07, 6.45) is 7.08. The van der Waals surface area contributed by atoms with Crippen LogP contribution in [0.25, 0.3) is 0 Å². The van der Waals surface area contributed by atoms with E-state index >= 15 is 0 Å². The minimum absolute atomic E-state index is 0.0730. The van der Waals surface area contributed by atoms with Crippen LogP contribution in [0.5, 0.6) is 0 Å². The summed E-state index contributed by atoms with van der Waals surface area (Å²) in [4.78, 5) is 24.6. The van der Waals surface area contributed by atoms with Crippen LogP contribution in [0.3, 0.4) is 0 Å². The Morgan fingerprint density at radius 1 is 0.957 bits per heavy atom. The van der Waals surface area contributed by atoms with Crippen molar-refractivity contribution in [3.05, 3.63) is 72.8 Å². The second-order valence-electron chi connectivity index (χ2n) is 4.73. The molecule has 3 rings (SSSR count). The maximum atomic E-state index is 12.1. The third-order valence-corrected chi connectivity index (χ3v) is 3.86. The number of pyridine rings is 3. The number of carbonyl (C=O) groups excluding carboxylic acids is 1. The van der Waals surface area contributed by atoms with E-state index in [1.807, 2.05) is 36.4 Å². The van der Waals surface area contributed by atoms with E-state index in [9.17, 15) is 4.79 Å². The summed E-state index contributed by atoms with van der Waals surface area (Å²) >= 11 is 1.45. The molecule has 1 N–H and O–H groups in total. The van der Waals surface area contributed by atoms with Gasteiger partial charge < -0.3 is 5.32 Å². The minimum Gasteiger partial charge on any atom is -0.326 e. The molecule has 0 saturated heterocycles. The zero-order valence-corrected chi connectivity index (χ0v) is 13.0. The van der Waals surface area contributed by atoms with Gasteiger partial charge >= 0.3 is 0 Å². The van der Waals surface area contributed by atoms with Crippen LogP contribution in [0.4, 0.5) is 5.69 Å². The van der Waals surface area contributed by atoms with Crippen LogP contribution in [0, 0.1) is 0 Å². The van der Waals surface area contributed by atoms with Gasteiger partial charge in [0.05, 0.1) is 6.42 Å². The summed E-state index contributed by atoms with van der Waals surface area (Å²) in [5.41, 5.74) is 1.65. The fourth-order valence-electron chi connectivity index (χ4n) is 1.95. The monoisotopic (exact) mass is 322 g/mol. The molecule has 3 aromatic rings. The Hall–Kier alpha value is -2.73. The van der Waals surface area contributed by atoms with Crippen LogP contribution >= 0.6 is 11.8 Å². The van der Waals surface area contributed by atoms with Crippen LogP contribution in [-0.2, 0) is 11.2 Å². The molecule has 5 nitrogen and oxygen atoms in total. The van der Waals surface area contributed by atoms with E-state index in [0.29, 0.717) is 6.42 Å². The van der Waals surface area contributed by atoms with E-state index in [4.69, 9.17) is 0 Å². The smallest absolute Gasteiger partial charge is 0.228 e. The average molecular weight is 322 g/mol. The highest BCUT2D eigenvalue weighted by atomic mass is 32.2. The van der Waals surface area contributed by atoms with Crippen molar-refractivity contribution in [1.29, 1.82) is 0 Å². The first kappa shape index (κ1) is 15.2. The normalized spacial score (nSPS) is 10.3. The second-order valence-corrected chi connectivity index (χ2v) is 5.77.